The van der Waals surface area contributed by atoms with E-state index in [1.165, 1.54) is 11.5 Å². The summed E-state index contributed by atoms with van der Waals surface area (Å²) >= 11 is 1.50. The van der Waals surface area contributed by atoms with Gasteiger partial charge in [0.25, 0.3) is 0 Å². The van der Waals surface area contributed by atoms with Crippen LogP contribution in [0.3, 0.4) is 0 Å². The van der Waals surface area contributed by atoms with Crippen LogP contribution in [0.15, 0.2) is 0 Å². The van der Waals surface area contributed by atoms with E-state index in [1.807, 2.05) is 0 Å². The summed E-state index contributed by atoms with van der Waals surface area (Å²) in [6.45, 7) is 8.90. The predicted octanol–water partition coefficient (Wildman–Crippen LogP) is 2.39. The second kappa shape index (κ2) is 5.00. The van der Waals surface area contributed by atoms with E-state index in [4.69, 9.17) is 9.47 Å². The standard InChI is InChI=1S/C13H21N3O2S/c1-9(2)11-14-12(19-15-11)16-6-4-13(5-7-16)17-8-10(3)18-13/h9-10H,4-8H2,1-3H3. The predicted molar refractivity (Wildman–Crippen MR) is 74.7 cm³/mol. The van der Waals surface area contributed by atoms with Crippen LogP contribution in [0.5, 0.6) is 0 Å². The molecule has 2 saturated heterocycles. The zero-order valence-electron chi connectivity index (χ0n) is 11.8. The molecule has 0 bridgehead atoms. The van der Waals surface area contributed by atoms with Gasteiger partial charge in [-0.05, 0) is 6.92 Å². The van der Waals surface area contributed by atoms with Gasteiger partial charge < -0.3 is 14.4 Å². The quantitative estimate of drug-likeness (QED) is 0.834. The molecule has 0 radical (unpaired) electrons. The van der Waals surface area contributed by atoms with Crippen molar-refractivity contribution in [2.24, 2.45) is 0 Å². The van der Waals surface area contributed by atoms with Crippen LogP contribution in [-0.2, 0) is 9.47 Å². The number of ether oxygens (including phenoxy) is 2. The molecule has 19 heavy (non-hydrogen) atoms. The van der Waals surface area contributed by atoms with E-state index >= 15 is 0 Å². The van der Waals surface area contributed by atoms with E-state index in [1.54, 1.807) is 0 Å². The first kappa shape index (κ1) is 13.3. The molecular weight excluding hydrogens is 262 g/mol. The molecule has 3 heterocycles. The molecule has 1 atom stereocenters. The highest BCUT2D eigenvalue weighted by atomic mass is 32.1. The molecule has 2 aliphatic heterocycles. The van der Waals surface area contributed by atoms with Gasteiger partial charge in [-0.3, -0.25) is 0 Å². The van der Waals surface area contributed by atoms with Crippen molar-refractivity contribution in [2.45, 2.75) is 51.4 Å². The molecule has 3 rings (SSSR count). The van der Waals surface area contributed by atoms with Crippen molar-refractivity contribution < 1.29 is 9.47 Å². The molecule has 6 heteroatoms. The first-order chi connectivity index (χ1) is 9.08. The lowest BCUT2D eigenvalue weighted by Gasteiger charge is -2.37. The van der Waals surface area contributed by atoms with Crippen LogP contribution in [0, 0.1) is 0 Å². The van der Waals surface area contributed by atoms with Gasteiger partial charge in [0.1, 0.15) is 5.82 Å². The number of anilines is 1. The van der Waals surface area contributed by atoms with Crippen molar-refractivity contribution in [3.63, 3.8) is 0 Å². The minimum Gasteiger partial charge on any atom is -0.347 e. The zero-order valence-corrected chi connectivity index (χ0v) is 12.6. The minimum atomic E-state index is -0.332. The van der Waals surface area contributed by atoms with Crippen LogP contribution >= 0.6 is 11.5 Å². The maximum Gasteiger partial charge on any atom is 0.205 e. The van der Waals surface area contributed by atoms with Crippen LogP contribution in [0.25, 0.3) is 0 Å². The van der Waals surface area contributed by atoms with E-state index in [2.05, 4.69) is 35.0 Å². The Morgan fingerprint density at radius 3 is 2.63 bits per heavy atom. The van der Waals surface area contributed by atoms with Gasteiger partial charge in [0.2, 0.25) is 5.13 Å². The van der Waals surface area contributed by atoms with Crippen LogP contribution in [0.2, 0.25) is 0 Å². The Labute approximate surface area is 118 Å². The summed E-state index contributed by atoms with van der Waals surface area (Å²) in [5.74, 6) is 1.01. The Bertz CT molecular complexity index is 441. The molecule has 0 N–H and O–H groups in total. The number of hydrogen-bond donors (Lipinski definition) is 0. The van der Waals surface area contributed by atoms with Crippen molar-refractivity contribution in [3.8, 4) is 0 Å². The smallest absolute Gasteiger partial charge is 0.205 e. The van der Waals surface area contributed by atoms with Gasteiger partial charge in [-0.2, -0.15) is 4.37 Å². The average Bonchev–Trinajstić information content (AvgIpc) is 2.99. The fourth-order valence-corrected chi connectivity index (χ4v) is 3.45. The molecule has 0 aromatic carbocycles. The van der Waals surface area contributed by atoms with Gasteiger partial charge in [-0.15, -0.1) is 0 Å². The maximum absolute atomic E-state index is 5.94. The molecular formula is C13H21N3O2S. The summed E-state index contributed by atoms with van der Waals surface area (Å²) < 4.78 is 16.2. The normalized spacial score (nSPS) is 26.5. The molecule has 1 unspecified atom stereocenters. The molecule has 1 spiro atoms. The second-order valence-corrected chi connectivity index (χ2v) is 6.46. The monoisotopic (exact) mass is 283 g/mol. The second-order valence-electron chi connectivity index (χ2n) is 5.73. The summed E-state index contributed by atoms with van der Waals surface area (Å²) in [4.78, 5) is 6.91. The Hall–Kier alpha value is -0.720. The number of nitrogens with zero attached hydrogens (tertiary/aromatic N) is 3. The van der Waals surface area contributed by atoms with Crippen molar-refractivity contribution in [1.82, 2.24) is 9.36 Å². The lowest BCUT2D eigenvalue weighted by Crippen LogP contribution is -2.45. The largest absolute Gasteiger partial charge is 0.347 e. The molecule has 0 aliphatic carbocycles. The number of aromatic nitrogens is 2. The third-order valence-electron chi connectivity index (χ3n) is 3.74. The molecule has 1 aromatic heterocycles. The van der Waals surface area contributed by atoms with Crippen molar-refractivity contribution >= 4 is 16.7 Å². The molecule has 0 amide bonds. The highest BCUT2D eigenvalue weighted by molar-refractivity contribution is 7.09. The fraction of sp³-hybridized carbons (Fsp3) is 0.846. The Kier molecular flexibility index (Phi) is 3.49. The lowest BCUT2D eigenvalue weighted by atomic mass is 10.0. The highest BCUT2D eigenvalue weighted by Gasteiger charge is 2.42. The average molecular weight is 283 g/mol. The van der Waals surface area contributed by atoms with Gasteiger partial charge in [0.15, 0.2) is 5.79 Å². The molecule has 2 fully saturated rings. The first-order valence-electron chi connectivity index (χ1n) is 6.98. The van der Waals surface area contributed by atoms with Crippen molar-refractivity contribution in [2.75, 3.05) is 24.6 Å². The van der Waals surface area contributed by atoms with Crippen LogP contribution in [-0.4, -0.2) is 40.9 Å². The van der Waals surface area contributed by atoms with Crippen LogP contribution < -0.4 is 4.90 Å². The van der Waals surface area contributed by atoms with Gasteiger partial charge in [-0.25, -0.2) is 4.98 Å². The minimum absolute atomic E-state index is 0.223. The van der Waals surface area contributed by atoms with E-state index in [9.17, 15) is 0 Å². The summed E-state index contributed by atoms with van der Waals surface area (Å²) in [7, 11) is 0. The van der Waals surface area contributed by atoms with Crippen LogP contribution in [0.4, 0.5) is 5.13 Å². The van der Waals surface area contributed by atoms with Crippen molar-refractivity contribution in [3.05, 3.63) is 5.82 Å². The SMILES string of the molecule is CC1COC2(CCN(c3nc(C(C)C)ns3)CC2)O1. The summed E-state index contributed by atoms with van der Waals surface area (Å²) in [5.41, 5.74) is 0. The Balaban J connectivity index is 1.63. The number of rotatable bonds is 2. The molecule has 2 aliphatic rings. The Morgan fingerprint density at radius 1 is 1.37 bits per heavy atom. The number of piperidine rings is 1. The summed E-state index contributed by atoms with van der Waals surface area (Å²) in [6.07, 6.45) is 2.04. The third-order valence-corrected chi connectivity index (χ3v) is 4.53. The van der Waals surface area contributed by atoms with Gasteiger partial charge in [-0.1, -0.05) is 13.8 Å². The summed E-state index contributed by atoms with van der Waals surface area (Å²) in [5, 5.41) is 1.03. The Morgan fingerprint density at radius 2 is 2.11 bits per heavy atom. The topological polar surface area (TPSA) is 47.5 Å². The lowest BCUT2D eigenvalue weighted by molar-refractivity contribution is -0.178. The molecule has 1 aromatic rings. The molecule has 0 saturated carbocycles. The molecule has 5 nitrogen and oxygen atoms in total. The summed E-state index contributed by atoms with van der Waals surface area (Å²) in [6, 6.07) is 0. The van der Waals surface area contributed by atoms with Gasteiger partial charge in [0, 0.05) is 43.4 Å². The van der Waals surface area contributed by atoms with Crippen LogP contribution in [0.1, 0.15) is 45.4 Å². The highest BCUT2D eigenvalue weighted by Crippen LogP contribution is 2.35. The van der Waals surface area contributed by atoms with E-state index in [0.717, 1.165) is 43.5 Å². The fourth-order valence-electron chi connectivity index (χ4n) is 2.59. The maximum atomic E-state index is 5.94. The third kappa shape index (κ3) is 2.61. The van der Waals surface area contributed by atoms with E-state index < -0.39 is 0 Å². The van der Waals surface area contributed by atoms with Gasteiger partial charge in [0.05, 0.1) is 12.7 Å². The zero-order chi connectivity index (χ0) is 13.5. The first-order valence-corrected chi connectivity index (χ1v) is 7.76. The van der Waals surface area contributed by atoms with Crippen molar-refractivity contribution in [1.29, 1.82) is 0 Å². The molecule has 106 valence electrons. The van der Waals surface area contributed by atoms with Gasteiger partial charge >= 0.3 is 0 Å². The van der Waals surface area contributed by atoms with E-state index in [0.29, 0.717) is 5.92 Å². The number of hydrogen-bond acceptors (Lipinski definition) is 6. The van der Waals surface area contributed by atoms with E-state index in [-0.39, 0.29) is 11.9 Å².